The topological polar surface area (TPSA) is 16.1 Å². The van der Waals surface area contributed by atoms with Crippen molar-refractivity contribution < 1.29 is 0 Å². The summed E-state index contributed by atoms with van der Waals surface area (Å²) in [4.78, 5) is 6.96. The molecule has 0 bridgehead atoms. The van der Waals surface area contributed by atoms with Crippen LogP contribution in [0.25, 0.3) is 0 Å². The molecule has 1 aromatic carbocycles. The third-order valence-electron chi connectivity index (χ3n) is 3.89. The van der Waals surface area contributed by atoms with Crippen LogP contribution in [0, 0.1) is 0 Å². The zero-order valence-corrected chi connectivity index (χ0v) is 11.2. The van der Waals surface area contributed by atoms with Crippen molar-refractivity contribution >= 4 is 0 Å². The highest BCUT2D eigenvalue weighted by Gasteiger charge is 2.21. The van der Waals surface area contributed by atoms with Crippen LogP contribution in [0.5, 0.6) is 0 Å². The predicted octanol–water partition coefficient (Wildman–Crippen LogP) is 3.46. The Morgan fingerprint density at radius 3 is 2.68 bits per heavy atom. The van der Waals surface area contributed by atoms with Crippen molar-refractivity contribution in [2.75, 3.05) is 13.1 Å². The predicted molar refractivity (Wildman–Crippen MR) is 77.9 cm³/mol. The lowest BCUT2D eigenvalue weighted by molar-refractivity contribution is 0.198. The molecular formula is C17H20N2. The van der Waals surface area contributed by atoms with Crippen molar-refractivity contribution in [1.82, 2.24) is 9.88 Å². The average molecular weight is 252 g/mol. The number of nitrogens with zero attached hydrogens (tertiary/aromatic N) is 2. The first kappa shape index (κ1) is 12.4. The van der Waals surface area contributed by atoms with Crippen LogP contribution in [-0.2, 0) is 6.54 Å². The van der Waals surface area contributed by atoms with Gasteiger partial charge in [-0.25, -0.2) is 0 Å². The normalized spacial score (nSPS) is 20.3. The standard InChI is InChI=1S/C17H20N2/c1-2-7-15(8-3-1)16-9-6-12-19(13-16)14-17-10-4-5-11-18-17/h1-5,7-8,10-11,16H,6,9,12-14H2. The van der Waals surface area contributed by atoms with Gasteiger partial charge in [-0.15, -0.1) is 0 Å². The van der Waals surface area contributed by atoms with E-state index in [1.54, 1.807) is 0 Å². The molecule has 0 saturated carbocycles. The Bertz CT molecular complexity index is 495. The zero-order valence-electron chi connectivity index (χ0n) is 11.2. The fraction of sp³-hybridized carbons (Fsp3) is 0.353. The quantitative estimate of drug-likeness (QED) is 0.831. The van der Waals surface area contributed by atoms with Crippen molar-refractivity contribution in [3.05, 3.63) is 66.0 Å². The van der Waals surface area contributed by atoms with Crippen LogP contribution in [0.2, 0.25) is 0 Å². The molecule has 19 heavy (non-hydrogen) atoms. The zero-order chi connectivity index (χ0) is 12.9. The van der Waals surface area contributed by atoms with Gasteiger partial charge >= 0.3 is 0 Å². The summed E-state index contributed by atoms with van der Waals surface area (Å²) >= 11 is 0. The molecule has 1 aromatic heterocycles. The molecule has 0 N–H and O–H groups in total. The molecule has 98 valence electrons. The summed E-state index contributed by atoms with van der Waals surface area (Å²) in [7, 11) is 0. The van der Waals surface area contributed by atoms with Crippen LogP contribution in [-0.4, -0.2) is 23.0 Å². The lowest BCUT2D eigenvalue weighted by Crippen LogP contribution is -2.34. The molecule has 0 radical (unpaired) electrons. The molecule has 2 heterocycles. The van der Waals surface area contributed by atoms with Gasteiger partial charge in [-0.3, -0.25) is 9.88 Å². The summed E-state index contributed by atoms with van der Waals surface area (Å²) in [5.74, 6) is 0.679. The summed E-state index contributed by atoms with van der Waals surface area (Å²) in [5, 5.41) is 0. The molecule has 1 saturated heterocycles. The Hall–Kier alpha value is -1.67. The number of aromatic nitrogens is 1. The van der Waals surface area contributed by atoms with Crippen LogP contribution in [0.1, 0.15) is 30.0 Å². The van der Waals surface area contributed by atoms with Crippen LogP contribution < -0.4 is 0 Å². The molecule has 1 unspecified atom stereocenters. The third kappa shape index (κ3) is 3.21. The van der Waals surface area contributed by atoms with Gasteiger partial charge in [-0.05, 0) is 43.0 Å². The molecule has 2 heteroatoms. The molecule has 2 aromatic rings. The Morgan fingerprint density at radius 2 is 1.89 bits per heavy atom. The Balaban J connectivity index is 1.65. The second kappa shape index (κ2) is 5.98. The molecule has 1 fully saturated rings. The monoisotopic (exact) mass is 252 g/mol. The lowest BCUT2D eigenvalue weighted by atomic mass is 9.90. The fourth-order valence-corrected chi connectivity index (χ4v) is 2.92. The number of benzene rings is 1. The van der Waals surface area contributed by atoms with E-state index in [4.69, 9.17) is 0 Å². The van der Waals surface area contributed by atoms with E-state index in [1.165, 1.54) is 30.6 Å². The second-order valence-electron chi connectivity index (χ2n) is 5.31. The molecule has 1 aliphatic heterocycles. The van der Waals surface area contributed by atoms with Crippen LogP contribution in [0.4, 0.5) is 0 Å². The van der Waals surface area contributed by atoms with Gasteiger partial charge < -0.3 is 0 Å². The van der Waals surface area contributed by atoms with E-state index in [-0.39, 0.29) is 0 Å². The van der Waals surface area contributed by atoms with Gasteiger partial charge in [0.25, 0.3) is 0 Å². The first-order valence-electron chi connectivity index (χ1n) is 7.09. The van der Waals surface area contributed by atoms with E-state index < -0.39 is 0 Å². The Morgan fingerprint density at radius 1 is 1.05 bits per heavy atom. The minimum absolute atomic E-state index is 0.679. The Labute approximate surface area is 115 Å². The van der Waals surface area contributed by atoms with Gasteiger partial charge in [0, 0.05) is 19.3 Å². The van der Waals surface area contributed by atoms with Crippen LogP contribution in [0.15, 0.2) is 54.7 Å². The maximum atomic E-state index is 4.43. The van der Waals surface area contributed by atoms with E-state index >= 15 is 0 Å². The maximum absolute atomic E-state index is 4.43. The number of hydrogen-bond donors (Lipinski definition) is 0. The van der Waals surface area contributed by atoms with Gasteiger partial charge in [-0.2, -0.15) is 0 Å². The first-order chi connectivity index (χ1) is 9.42. The number of pyridine rings is 1. The van der Waals surface area contributed by atoms with Gasteiger partial charge in [0.15, 0.2) is 0 Å². The summed E-state index contributed by atoms with van der Waals surface area (Å²) in [6.45, 7) is 3.32. The molecule has 3 rings (SSSR count). The molecular weight excluding hydrogens is 232 g/mol. The number of likely N-dealkylation sites (tertiary alicyclic amines) is 1. The minimum atomic E-state index is 0.679. The second-order valence-corrected chi connectivity index (χ2v) is 5.31. The van der Waals surface area contributed by atoms with Crippen molar-refractivity contribution in [2.45, 2.75) is 25.3 Å². The number of hydrogen-bond acceptors (Lipinski definition) is 2. The highest BCUT2D eigenvalue weighted by atomic mass is 15.1. The van der Waals surface area contributed by atoms with E-state index in [1.807, 2.05) is 12.3 Å². The average Bonchev–Trinajstić information content (AvgIpc) is 2.49. The summed E-state index contributed by atoms with van der Waals surface area (Å²) in [6.07, 6.45) is 4.48. The van der Waals surface area contributed by atoms with Crippen LogP contribution >= 0.6 is 0 Å². The SMILES string of the molecule is c1ccc(C2CCCN(Cc3ccccn3)C2)cc1. The summed E-state index contributed by atoms with van der Waals surface area (Å²) < 4.78 is 0. The molecule has 1 aliphatic rings. The minimum Gasteiger partial charge on any atom is -0.297 e. The third-order valence-corrected chi connectivity index (χ3v) is 3.89. The van der Waals surface area contributed by atoms with Crippen molar-refractivity contribution in [3.8, 4) is 0 Å². The lowest BCUT2D eigenvalue weighted by Gasteiger charge is -2.32. The van der Waals surface area contributed by atoms with Crippen molar-refractivity contribution in [1.29, 1.82) is 0 Å². The van der Waals surface area contributed by atoms with E-state index in [2.05, 4.69) is 52.3 Å². The molecule has 0 aliphatic carbocycles. The summed E-state index contributed by atoms with van der Waals surface area (Å²) in [5.41, 5.74) is 2.66. The molecule has 1 atom stereocenters. The maximum Gasteiger partial charge on any atom is 0.0543 e. The van der Waals surface area contributed by atoms with Crippen LogP contribution in [0.3, 0.4) is 0 Å². The van der Waals surface area contributed by atoms with Crippen molar-refractivity contribution in [2.24, 2.45) is 0 Å². The van der Waals surface area contributed by atoms with E-state index in [0.717, 1.165) is 13.1 Å². The fourth-order valence-electron chi connectivity index (χ4n) is 2.92. The highest BCUT2D eigenvalue weighted by molar-refractivity contribution is 5.20. The first-order valence-corrected chi connectivity index (χ1v) is 7.09. The molecule has 0 amide bonds. The number of rotatable bonds is 3. The highest BCUT2D eigenvalue weighted by Crippen LogP contribution is 2.27. The molecule has 0 spiro atoms. The van der Waals surface area contributed by atoms with Gasteiger partial charge in [-0.1, -0.05) is 36.4 Å². The van der Waals surface area contributed by atoms with Gasteiger partial charge in [0.05, 0.1) is 5.69 Å². The smallest absolute Gasteiger partial charge is 0.0543 e. The number of piperidine rings is 1. The van der Waals surface area contributed by atoms with E-state index in [9.17, 15) is 0 Å². The molecule has 2 nitrogen and oxygen atoms in total. The van der Waals surface area contributed by atoms with Gasteiger partial charge in [0.1, 0.15) is 0 Å². The Kier molecular flexibility index (Phi) is 3.89. The van der Waals surface area contributed by atoms with Gasteiger partial charge in [0.2, 0.25) is 0 Å². The summed E-state index contributed by atoms with van der Waals surface area (Å²) in [6, 6.07) is 17.1. The van der Waals surface area contributed by atoms with E-state index in [0.29, 0.717) is 5.92 Å². The van der Waals surface area contributed by atoms with Crippen molar-refractivity contribution in [3.63, 3.8) is 0 Å². The largest absolute Gasteiger partial charge is 0.297 e.